The largest absolute Gasteiger partial charge is 0.496 e. The molecule has 0 spiro atoms. The van der Waals surface area contributed by atoms with Gasteiger partial charge in [-0.3, -0.25) is 9.59 Å². The van der Waals surface area contributed by atoms with Crippen LogP contribution in [-0.4, -0.2) is 22.6 Å². The Bertz CT molecular complexity index is 1190. The smallest absolute Gasteiger partial charge is 0.270 e. The fraction of sp³-hybridized carbons (Fsp3) is 0.118. The third-order valence-corrected chi connectivity index (χ3v) is 5.06. The molecule has 0 fully saturated rings. The van der Waals surface area contributed by atoms with Gasteiger partial charge in [0.05, 0.1) is 28.6 Å². The minimum atomic E-state index is -0.615. The van der Waals surface area contributed by atoms with E-state index in [1.165, 1.54) is 19.2 Å². The van der Waals surface area contributed by atoms with Gasteiger partial charge in [0.2, 0.25) is 0 Å². The number of benzene rings is 2. The summed E-state index contributed by atoms with van der Waals surface area (Å²) in [5, 5.41) is 0.682. The van der Waals surface area contributed by atoms with Crippen molar-refractivity contribution in [1.82, 2.24) is 9.55 Å². The molecule has 1 heterocycles. The SMILES string of the molecule is COc1c(C)cc(Br)cc1C(=O)n1c(=S)[nH]c2c(Cl)cc(Cl)cc2c1=O. The minimum Gasteiger partial charge on any atom is -0.496 e. The van der Waals surface area contributed by atoms with Gasteiger partial charge in [0.25, 0.3) is 11.5 Å². The normalized spacial score (nSPS) is 11.0. The zero-order chi connectivity index (χ0) is 19.2. The molecule has 0 atom stereocenters. The summed E-state index contributed by atoms with van der Waals surface area (Å²) in [6.45, 7) is 1.80. The van der Waals surface area contributed by atoms with Crippen LogP contribution in [0.15, 0.2) is 33.5 Å². The van der Waals surface area contributed by atoms with Crippen molar-refractivity contribution >= 4 is 68.2 Å². The number of carbonyl (C=O) groups is 1. The second-order valence-electron chi connectivity index (χ2n) is 5.49. The standard InChI is InChI=1S/C17H11BrCl2N2O3S/c1-7-3-8(18)4-11(14(7)25-2)16(24)22-15(23)10-5-9(19)6-12(20)13(10)21-17(22)26/h3-6H,1-2H3,(H,21,26). The monoisotopic (exact) mass is 472 g/mol. The van der Waals surface area contributed by atoms with Crippen molar-refractivity contribution in [2.75, 3.05) is 7.11 Å². The first-order valence-corrected chi connectivity index (χ1v) is 9.23. The number of ether oxygens (including phenoxy) is 1. The molecule has 26 heavy (non-hydrogen) atoms. The van der Waals surface area contributed by atoms with Crippen molar-refractivity contribution < 1.29 is 9.53 Å². The van der Waals surface area contributed by atoms with Crippen molar-refractivity contribution in [3.05, 3.63) is 65.0 Å². The molecule has 1 N–H and O–H groups in total. The maximum Gasteiger partial charge on any atom is 0.270 e. The van der Waals surface area contributed by atoms with Gasteiger partial charge in [0.1, 0.15) is 5.75 Å². The van der Waals surface area contributed by atoms with E-state index in [9.17, 15) is 9.59 Å². The topological polar surface area (TPSA) is 64.1 Å². The predicted octanol–water partition coefficient (Wildman–Crippen LogP) is 5.13. The lowest BCUT2D eigenvalue weighted by atomic mass is 10.1. The average molecular weight is 474 g/mol. The van der Waals surface area contributed by atoms with Crippen LogP contribution in [0.25, 0.3) is 10.9 Å². The van der Waals surface area contributed by atoms with Crippen molar-refractivity contribution in [3.63, 3.8) is 0 Å². The zero-order valence-corrected chi connectivity index (χ0v) is 17.4. The highest BCUT2D eigenvalue weighted by atomic mass is 79.9. The van der Waals surface area contributed by atoms with Crippen LogP contribution in [0.3, 0.4) is 0 Å². The molecule has 0 aliphatic carbocycles. The first-order valence-electron chi connectivity index (χ1n) is 7.27. The Morgan fingerprint density at radius 2 is 1.96 bits per heavy atom. The number of nitrogens with one attached hydrogen (secondary N) is 1. The van der Waals surface area contributed by atoms with Gasteiger partial charge in [0, 0.05) is 9.50 Å². The summed E-state index contributed by atoms with van der Waals surface area (Å²) in [6.07, 6.45) is 0. The van der Waals surface area contributed by atoms with Gasteiger partial charge >= 0.3 is 0 Å². The molecule has 5 nitrogen and oxygen atoms in total. The molecule has 3 aromatic rings. The molecule has 134 valence electrons. The summed E-state index contributed by atoms with van der Waals surface area (Å²) < 4.78 is 6.81. The molecule has 3 rings (SSSR count). The summed E-state index contributed by atoms with van der Waals surface area (Å²) in [4.78, 5) is 28.8. The predicted molar refractivity (Wildman–Crippen MR) is 109 cm³/mol. The highest BCUT2D eigenvalue weighted by molar-refractivity contribution is 9.10. The van der Waals surface area contributed by atoms with E-state index in [1.54, 1.807) is 19.1 Å². The molecule has 2 aromatic carbocycles. The second-order valence-corrected chi connectivity index (χ2v) is 7.64. The van der Waals surface area contributed by atoms with Gasteiger partial charge in [-0.25, -0.2) is 4.57 Å². The van der Waals surface area contributed by atoms with E-state index in [1.807, 2.05) is 0 Å². The lowest BCUT2D eigenvalue weighted by Gasteiger charge is -2.13. The van der Waals surface area contributed by atoms with Gasteiger partial charge in [0.15, 0.2) is 4.77 Å². The molecule has 0 saturated carbocycles. The third kappa shape index (κ3) is 3.20. The number of aromatic amines is 1. The number of aryl methyl sites for hydroxylation is 1. The Morgan fingerprint density at radius 3 is 2.62 bits per heavy atom. The first kappa shape index (κ1) is 19.1. The number of nitrogens with zero attached hydrogens (tertiary/aromatic N) is 1. The molecule has 0 aliphatic heterocycles. The van der Waals surface area contributed by atoms with E-state index in [0.717, 1.165) is 10.1 Å². The Hall–Kier alpha value is -1.67. The molecule has 1 aromatic heterocycles. The fourth-order valence-electron chi connectivity index (χ4n) is 2.71. The van der Waals surface area contributed by atoms with Gasteiger partial charge in [-0.15, -0.1) is 0 Å². The fourth-order valence-corrected chi connectivity index (χ4v) is 4.09. The van der Waals surface area contributed by atoms with Gasteiger partial charge < -0.3 is 9.72 Å². The van der Waals surface area contributed by atoms with Crippen LogP contribution >= 0.6 is 51.3 Å². The van der Waals surface area contributed by atoms with E-state index in [2.05, 4.69) is 20.9 Å². The van der Waals surface area contributed by atoms with Gasteiger partial charge in [-0.05, 0) is 49.0 Å². The van der Waals surface area contributed by atoms with E-state index in [-0.39, 0.29) is 25.8 Å². The van der Waals surface area contributed by atoms with Crippen molar-refractivity contribution in [2.24, 2.45) is 0 Å². The van der Waals surface area contributed by atoms with Gasteiger partial charge in [-0.2, -0.15) is 0 Å². The maximum absolute atomic E-state index is 13.1. The summed E-state index contributed by atoms with van der Waals surface area (Å²) in [6, 6.07) is 6.30. The quantitative estimate of drug-likeness (QED) is 0.523. The molecule has 0 radical (unpaired) electrons. The van der Waals surface area contributed by atoms with Crippen LogP contribution in [0.4, 0.5) is 0 Å². The molecule has 0 amide bonds. The number of fused-ring (bicyclic) bond motifs is 1. The minimum absolute atomic E-state index is 0.0728. The van der Waals surface area contributed by atoms with Gasteiger partial charge in [-0.1, -0.05) is 39.1 Å². The Labute approximate surface area is 171 Å². The van der Waals surface area contributed by atoms with Crippen LogP contribution in [0.1, 0.15) is 15.9 Å². The van der Waals surface area contributed by atoms with E-state index >= 15 is 0 Å². The molecule has 0 unspecified atom stereocenters. The van der Waals surface area contributed by atoms with E-state index in [4.69, 9.17) is 40.2 Å². The summed E-state index contributed by atoms with van der Waals surface area (Å²) in [7, 11) is 1.45. The highest BCUT2D eigenvalue weighted by Crippen LogP contribution is 2.29. The number of H-pyrrole nitrogens is 1. The average Bonchev–Trinajstić information content (AvgIpc) is 2.55. The number of carbonyl (C=O) groups excluding carboxylic acids is 1. The first-order chi connectivity index (χ1) is 12.2. The third-order valence-electron chi connectivity index (χ3n) is 3.80. The molecular weight excluding hydrogens is 463 g/mol. The van der Waals surface area contributed by atoms with Crippen LogP contribution < -0.4 is 10.3 Å². The summed E-state index contributed by atoms with van der Waals surface area (Å²) in [5.74, 6) is -0.251. The Kier molecular flexibility index (Phi) is 5.25. The lowest BCUT2D eigenvalue weighted by Crippen LogP contribution is -2.29. The second kappa shape index (κ2) is 7.15. The van der Waals surface area contributed by atoms with Crippen molar-refractivity contribution in [2.45, 2.75) is 6.92 Å². The highest BCUT2D eigenvalue weighted by Gasteiger charge is 2.21. The molecule has 0 saturated heterocycles. The molecule has 0 aliphatic rings. The van der Waals surface area contributed by atoms with Crippen molar-refractivity contribution in [3.8, 4) is 5.75 Å². The van der Waals surface area contributed by atoms with Crippen LogP contribution in [0.2, 0.25) is 10.0 Å². The zero-order valence-electron chi connectivity index (χ0n) is 13.5. The summed E-state index contributed by atoms with van der Waals surface area (Å²) in [5.41, 5.74) is 0.652. The van der Waals surface area contributed by atoms with Crippen LogP contribution in [-0.2, 0) is 0 Å². The van der Waals surface area contributed by atoms with E-state index < -0.39 is 11.5 Å². The number of rotatable bonds is 2. The van der Waals surface area contributed by atoms with Crippen LogP contribution in [0.5, 0.6) is 5.75 Å². The number of hydrogen-bond acceptors (Lipinski definition) is 4. The number of aromatic nitrogens is 2. The summed E-state index contributed by atoms with van der Waals surface area (Å²) >= 11 is 20.7. The number of methoxy groups -OCH3 is 1. The van der Waals surface area contributed by atoms with Crippen LogP contribution in [0, 0.1) is 11.7 Å². The Balaban J connectivity index is 2.35. The Morgan fingerprint density at radius 1 is 1.27 bits per heavy atom. The molecule has 9 heteroatoms. The number of hydrogen-bond donors (Lipinski definition) is 1. The lowest BCUT2D eigenvalue weighted by molar-refractivity contribution is 0.0950. The molecule has 0 bridgehead atoms. The van der Waals surface area contributed by atoms with Crippen molar-refractivity contribution in [1.29, 1.82) is 0 Å². The van der Waals surface area contributed by atoms with E-state index in [0.29, 0.717) is 15.7 Å². The maximum atomic E-state index is 13.1. The molecular formula is C17H11BrCl2N2O3S. The number of halogens is 3.